The lowest BCUT2D eigenvalue weighted by Crippen LogP contribution is -2.28. The second-order valence-electron chi connectivity index (χ2n) is 3.85. The van der Waals surface area contributed by atoms with Crippen molar-refractivity contribution in [3.05, 3.63) is 33.7 Å². The first-order valence-corrected chi connectivity index (χ1v) is 4.59. The summed E-state index contributed by atoms with van der Waals surface area (Å²) < 4.78 is 1.65. The molecule has 0 aliphatic heterocycles. The van der Waals surface area contributed by atoms with E-state index in [2.05, 4.69) is 36.7 Å². The van der Waals surface area contributed by atoms with Gasteiger partial charge in [0, 0.05) is 5.56 Å². The normalized spacial score (nSPS) is 11.7. The van der Waals surface area contributed by atoms with Crippen molar-refractivity contribution in [3.63, 3.8) is 0 Å². The zero-order chi connectivity index (χ0) is 9.35. The van der Waals surface area contributed by atoms with Gasteiger partial charge in [0.1, 0.15) is 0 Å². The molecule has 0 radical (unpaired) electrons. The van der Waals surface area contributed by atoms with Crippen LogP contribution in [-0.2, 0) is 5.41 Å². The van der Waals surface area contributed by atoms with Crippen molar-refractivity contribution in [1.29, 1.82) is 0 Å². The van der Waals surface area contributed by atoms with Crippen LogP contribution in [0.1, 0.15) is 26.3 Å². The number of halogens is 1. The van der Waals surface area contributed by atoms with Crippen LogP contribution in [0.25, 0.3) is 0 Å². The maximum atomic E-state index is 11.0. The zero-order valence-corrected chi connectivity index (χ0v) is 9.05. The van der Waals surface area contributed by atoms with Gasteiger partial charge in [-0.25, -0.2) is 0 Å². The molecule has 0 aromatic carbocycles. The quantitative estimate of drug-likeness (QED) is 0.496. The summed E-state index contributed by atoms with van der Waals surface area (Å²) in [6.07, 6.45) is 3.10. The van der Waals surface area contributed by atoms with Gasteiger partial charge in [-0.05, 0) is 27.4 Å². The van der Waals surface area contributed by atoms with Crippen LogP contribution in [0, 0.1) is 5.21 Å². The number of hydrogen-bond acceptors (Lipinski definition) is 1. The van der Waals surface area contributed by atoms with Crippen LogP contribution in [0.2, 0.25) is 0 Å². The maximum Gasteiger partial charge on any atom is 0.194 e. The van der Waals surface area contributed by atoms with Crippen molar-refractivity contribution < 1.29 is 4.73 Å². The predicted molar refractivity (Wildman–Crippen MR) is 51.8 cm³/mol. The second-order valence-corrected chi connectivity index (χ2v) is 4.77. The van der Waals surface area contributed by atoms with E-state index in [1.54, 1.807) is 6.20 Å². The maximum absolute atomic E-state index is 11.0. The molecule has 0 unspecified atom stereocenters. The third-order valence-electron chi connectivity index (χ3n) is 1.68. The molecule has 1 rings (SSSR count). The summed E-state index contributed by atoms with van der Waals surface area (Å²) in [5.74, 6) is 0. The summed E-state index contributed by atoms with van der Waals surface area (Å²) in [6, 6.07) is 1.97. The lowest BCUT2D eigenvalue weighted by Gasteiger charge is -2.17. The van der Waals surface area contributed by atoms with Gasteiger partial charge in [-0.15, -0.1) is 0 Å². The molecule has 2 nitrogen and oxygen atoms in total. The summed E-state index contributed by atoms with van der Waals surface area (Å²) in [5.41, 5.74) is 1.06. The Morgan fingerprint density at radius 3 is 2.33 bits per heavy atom. The minimum atomic E-state index is 0.0237. The molecule has 0 aliphatic carbocycles. The lowest BCUT2D eigenvalue weighted by atomic mass is 9.88. The van der Waals surface area contributed by atoms with E-state index in [0.717, 1.165) is 14.8 Å². The second kappa shape index (κ2) is 3.05. The molecule has 0 spiro atoms. The van der Waals surface area contributed by atoms with Crippen molar-refractivity contribution in [2.75, 3.05) is 0 Å². The minimum absolute atomic E-state index is 0.0237. The standard InChI is InChI=1S/C9H12BrNO/c1-9(2,3)7-4-8(10)6-11(12)5-7/h4-6H,1-3H3. The molecule has 0 saturated carbocycles. The van der Waals surface area contributed by atoms with Gasteiger partial charge >= 0.3 is 0 Å². The number of aromatic nitrogens is 1. The fraction of sp³-hybridized carbons (Fsp3) is 0.444. The van der Waals surface area contributed by atoms with Crippen LogP contribution >= 0.6 is 15.9 Å². The molecule has 0 bridgehead atoms. The molecule has 3 heteroatoms. The Hall–Kier alpha value is -0.570. The highest BCUT2D eigenvalue weighted by molar-refractivity contribution is 9.10. The molecule has 0 saturated heterocycles. The Balaban J connectivity index is 3.18. The van der Waals surface area contributed by atoms with Gasteiger partial charge in [0.05, 0.1) is 4.47 Å². The van der Waals surface area contributed by atoms with Crippen LogP contribution < -0.4 is 4.73 Å². The molecule has 66 valence electrons. The Morgan fingerprint density at radius 1 is 1.33 bits per heavy atom. The van der Waals surface area contributed by atoms with Gasteiger partial charge < -0.3 is 5.21 Å². The Bertz CT molecular complexity index is 271. The monoisotopic (exact) mass is 229 g/mol. The highest BCUT2D eigenvalue weighted by atomic mass is 79.9. The third kappa shape index (κ3) is 2.21. The molecule has 1 aromatic heterocycles. The predicted octanol–water partition coefficient (Wildman–Crippen LogP) is 2.38. The SMILES string of the molecule is CC(C)(C)c1cc(Br)c[n+]([O-])c1. The molecule has 1 heterocycles. The topological polar surface area (TPSA) is 26.9 Å². The van der Waals surface area contributed by atoms with Gasteiger partial charge in [-0.2, -0.15) is 4.73 Å². The summed E-state index contributed by atoms with van der Waals surface area (Å²) in [7, 11) is 0. The number of hydrogen-bond donors (Lipinski definition) is 0. The van der Waals surface area contributed by atoms with Gasteiger partial charge in [-0.1, -0.05) is 20.8 Å². The molecule has 0 N–H and O–H groups in total. The third-order valence-corrected chi connectivity index (χ3v) is 2.11. The number of nitrogens with zero attached hydrogens (tertiary/aromatic N) is 1. The summed E-state index contributed by atoms with van der Waals surface area (Å²) in [4.78, 5) is 0. The first kappa shape index (κ1) is 9.52. The molecule has 12 heavy (non-hydrogen) atoms. The van der Waals surface area contributed by atoms with E-state index in [-0.39, 0.29) is 5.41 Å². The van der Waals surface area contributed by atoms with Crippen LogP contribution in [-0.4, -0.2) is 0 Å². The number of rotatable bonds is 0. The van der Waals surface area contributed by atoms with E-state index in [1.807, 2.05) is 6.07 Å². The van der Waals surface area contributed by atoms with Crippen LogP contribution in [0.4, 0.5) is 0 Å². The smallest absolute Gasteiger partial charge is 0.194 e. The molecular formula is C9H12BrNO. The van der Waals surface area contributed by atoms with E-state index < -0.39 is 0 Å². The minimum Gasteiger partial charge on any atom is -0.619 e. The van der Waals surface area contributed by atoms with Gasteiger partial charge in [0.25, 0.3) is 0 Å². The summed E-state index contributed by atoms with van der Waals surface area (Å²) >= 11 is 3.28. The highest BCUT2D eigenvalue weighted by Gasteiger charge is 2.16. The van der Waals surface area contributed by atoms with Gasteiger partial charge in [0.15, 0.2) is 12.4 Å². The first-order valence-electron chi connectivity index (χ1n) is 3.79. The van der Waals surface area contributed by atoms with Gasteiger partial charge in [0.2, 0.25) is 0 Å². The average Bonchev–Trinajstić information content (AvgIpc) is 1.82. The average molecular weight is 230 g/mol. The molecule has 0 amide bonds. The van der Waals surface area contributed by atoms with Crippen molar-refractivity contribution in [2.24, 2.45) is 0 Å². The molecule has 1 aromatic rings. The fourth-order valence-electron chi connectivity index (χ4n) is 0.929. The van der Waals surface area contributed by atoms with Crippen molar-refractivity contribution in [2.45, 2.75) is 26.2 Å². The van der Waals surface area contributed by atoms with E-state index in [9.17, 15) is 5.21 Å². The number of pyridine rings is 1. The van der Waals surface area contributed by atoms with Crippen LogP contribution in [0.15, 0.2) is 22.9 Å². The molecule has 0 fully saturated rings. The van der Waals surface area contributed by atoms with Crippen molar-refractivity contribution in [1.82, 2.24) is 0 Å². The van der Waals surface area contributed by atoms with E-state index >= 15 is 0 Å². The molecular weight excluding hydrogens is 218 g/mol. The molecule has 0 aliphatic rings. The zero-order valence-electron chi connectivity index (χ0n) is 7.47. The Labute approximate surface area is 80.9 Å². The fourth-order valence-corrected chi connectivity index (χ4v) is 1.38. The van der Waals surface area contributed by atoms with Gasteiger partial charge in [-0.3, -0.25) is 0 Å². The summed E-state index contributed by atoms with van der Waals surface area (Å²) in [6.45, 7) is 6.23. The lowest BCUT2D eigenvalue weighted by molar-refractivity contribution is -0.606. The van der Waals surface area contributed by atoms with Crippen molar-refractivity contribution >= 4 is 15.9 Å². The van der Waals surface area contributed by atoms with E-state index in [4.69, 9.17) is 0 Å². The largest absolute Gasteiger partial charge is 0.619 e. The van der Waals surface area contributed by atoms with Crippen LogP contribution in [0.3, 0.4) is 0 Å². The highest BCUT2D eigenvalue weighted by Crippen LogP contribution is 2.22. The van der Waals surface area contributed by atoms with Crippen LogP contribution in [0.5, 0.6) is 0 Å². The van der Waals surface area contributed by atoms with Crippen molar-refractivity contribution in [3.8, 4) is 0 Å². The van der Waals surface area contributed by atoms with E-state index in [0.29, 0.717) is 0 Å². The Kier molecular flexibility index (Phi) is 2.42. The summed E-state index contributed by atoms with van der Waals surface area (Å²) in [5, 5.41) is 11.0. The van der Waals surface area contributed by atoms with E-state index in [1.165, 1.54) is 6.20 Å². The first-order chi connectivity index (χ1) is 5.39. The Morgan fingerprint density at radius 2 is 1.92 bits per heavy atom. The molecule has 0 atom stereocenters.